The molecule has 3 aliphatic rings. The van der Waals surface area contributed by atoms with E-state index in [1.54, 1.807) is 46.2 Å². The van der Waals surface area contributed by atoms with Crippen molar-refractivity contribution in [2.45, 2.75) is 104 Å². The molecule has 494 valence electrons. The molecule has 1 fully saturated rings. The molecule has 8 aromatic rings. The van der Waals surface area contributed by atoms with Gasteiger partial charge in [-0.25, -0.2) is 47.9 Å². The van der Waals surface area contributed by atoms with E-state index in [0.29, 0.717) is 60.6 Å². The summed E-state index contributed by atoms with van der Waals surface area (Å²) in [6.45, 7) is 21.5. The molecule has 6 aromatic heterocycles. The minimum atomic E-state index is -0.548. The van der Waals surface area contributed by atoms with Gasteiger partial charge in [-0.1, -0.05) is 12.2 Å². The van der Waals surface area contributed by atoms with Crippen molar-refractivity contribution in [2.24, 2.45) is 0 Å². The number of methoxy groups -OCH3 is 2. The second-order valence-corrected chi connectivity index (χ2v) is 27.8. The Morgan fingerprint density at radius 1 is 0.606 bits per heavy atom. The number of carbonyl (C=O) groups is 4. The number of thiazole rings is 2. The molecule has 0 radical (unpaired) electrons. The molecule has 2 aromatic carbocycles. The molecule has 26 heteroatoms. The second kappa shape index (κ2) is 29.0. The van der Waals surface area contributed by atoms with Crippen LogP contribution >= 0.6 is 38.6 Å². The van der Waals surface area contributed by atoms with Crippen LogP contribution in [0.3, 0.4) is 0 Å². The molecule has 9 heterocycles. The van der Waals surface area contributed by atoms with Crippen LogP contribution in [0.4, 0.5) is 40.3 Å². The topological polar surface area (TPSA) is 197 Å². The van der Waals surface area contributed by atoms with E-state index < -0.39 is 23.1 Å². The highest BCUT2D eigenvalue weighted by Crippen LogP contribution is 2.41. The van der Waals surface area contributed by atoms with Crippen molar-refractivity contribution in [3.63, 3.8) is 0 Å². The first-order valence-electron chi connectivity index (χ1n) is 30.2. The van der Waals surface area contributed by atoms with E-state index in [9.17, 15) is 28.0 Å². The Kier molecular flexibility index (Phi) is 21.5. The molecule has 0 saturated carbocycles. The van der Waals surface area contributed by atoms with Gasteiger partial charge in [-0.15, -0.1) is 22.7 Å². The van der Waals surface area contributed by atoms with Gasteiger partial charge in [-0.2, -0.15) is 0 Å². The zero-order valence-electron chi connectivity index (χ0n) is 55.0. The zero-order valence-corrected chi connectivity index (χ0v) is 58.2. The lowest BCUT2D eigenvalue weighted by Crippen LogP contribution is -2.41. The highest BCUT2D eigenvalue weighted by Gasteiger charge is 2.52. The summed E-state index contributed by atoms with van der Waals surface area (Å²) in [5.74, 6) is -0.0961. The minimum Gasteiger partial charge on any atom is -0.466 e. The molecule has 1 saturated heterocycles. The maximum atomic E-state index is 13.4. The number of hydrogen-bond acceptors (Lipinski definition) is 18. The highest BCUT2D eigenvalue weighted by molar-refractivity contribution is 9.10. The van der Waals surface area contributed by atoms with Crippen LogP contribution in [-0.2, 0) is 37.8 Å². The molecule has 94 heavy (non-hydrogen) atoms. The van der Waals surface area contributed by atoms with E-state index in [4.69, 9.17) is 43.2 Å². The third-order valence-corrected chi connectivity index (χ3v) is 17.8. The first kappa shape index (κ1) is 69.8. The van der Waals surface area contributed by atoms with E-state index in [1.807, 2.05) is 162 Å². The van der Waals surface area contributed by atoms with Crippen molar-refractivity contribution in [1.29, 1.82) is 0 Å². The third-order valence-electron chi connectivity index (χ3n) is 15.5. The van der Waals surface area contributed by atoms with Gasteiger partial charge < -0.3 is 47.9 Å². The van der Waals surface area contributed by atoms with Crippen LogP contribution in [0.15, 0.2) is 130 Å². The fraction of sp³-hybridized carbons (Fsp3) is 0.353. The lowest BCUT2D eigenvalue weighted by molar-refractivity contribution is -0.135. The maximum Gasteiger partial charge on any atom is 0.490 e. The zero-order chi connectivity index (χ0) is 68.0. The molecule has 0 bridgehead atoms. The number of pyridine rings is 2. The van der Waals surface area contributed by atoms with Crippen molar-refractivity contribution >= 4 is 121 Å². The average Bonchev–Trinajstić information content (AvgIpc) is 1.79. The molecular formula is C68H76BBrF2N10O10S2. The third kappa shape index (κ3) is 17.0. The van der Waals surface area contributed by atoms with Gasteiger partial charge in [0, 0.05) is 91.2 Å². The molecule has 0 unspecified atom stereocenters. The van der Waals surface area contributed by atoms with Crippen molar-refractivity contribution in [2.75, 3.05) is 64.3 Å². The number of ether oxygens (including phenoxy) is 4. The second-order valence-electron chi connectivity index (χ2n) is 25.2. The molecule has 0 N–H and O–H groups in total. The SMILES string of the molecule is CC(C)(C)OC(=O)N1CC=C(B2OC(C)(C)C(C)(C)O2)CC1.COC(=O)/C=C/c1nc2ccc(Br)cn2c1N(C)c1nc(-c2ccc(F)cc2)cs1.COC(=O)/C=C/c1nc2ccc(C3=CCN(C(=O)OC(C)(C)C)CC3)cn2c1N(C)c1nc(-c2ccc(F)cc2)cs1. The van der Waals surface area contributed by atoms with Gasteiger partial charge in [0.05, 0.1) is 36.8 Å². The van der Waals surface area contributed by atoms with E-state index in [0.717, 1.165) is 66.6 Å². The summed E-state index contributed by atoms with van der Waals surface area (Å²) in [6.07, 6.45) is 14.7. The van der Waals surface area contributed by atoms with Crippen LogP contribution in [0.1, 0.15) is 99.0 Å². The predicted octanol–water partition coefficient (Wildman–Crippen LogP) is 15.1. The largest absolute Gasteiger partial charge is 0.490 e. The molecule has 0 aliphatic carbocycles. The first-order chi connectivity index (χ1) is 44.4. The van der Waals surface area contributed by atoms with E-state index in [1.165, 1.54) is 73.3 Å². The van der Waals surface area contributed by atoms with Crippen molar-refractivity contribution in [3.05, 3.63) is 159 Å². The normalized spacial score (nSPS) is 15.5. The Morgan fingerprint density at radius 2 is 1.03 bits per heavy atom. The van der Waals surface area contributed by atoms with Gasteiger partial charge >= 0.3 is 31.2 Å². The van der Waals surface area contributed by atoms with Crippen LogP contribution in [0.2, 0.25) is 0 Å². The number of rotatable bonds is 12. The Labute approximate surface area is 562 Å². The molecule has 2 amide bonds. The Bertz CT molecular complexity index is 4190. The fourth-order valence-corrected chi connectivity index (χ4v) is 11.9. The van der Waals surface area contributed by atoms with Crippen molar-refractivity contribution in [3.8, 4) is 22.5 Å². The van der Waals surface area contributed by atoms with Gasteiger partial charge in [0.25, 0.3) is 0 Å². The molecule has 11 rings (SSSR count). The van der Waals surface area contributed by atoms with Gasteiger partial charge in [0.15, 0.2) is 10.3 Å². The van der Waals surface area contributed by atoms with Gasteiger partial charge in [0.2, 0.25) is 0 Å². The maximum absolute atomic E-state index is 13.4. The minimum absolute atomic E-state index is 0.267. The summed E-state index contributed by atoms with van der Waals surface area (Å²) < 4.78 is 64.0. The predicted molar refractivity (Wildman–Crippen MR) is 368 cm³/mol. The lowest BCUT2D eigenvalue weighted by atomic mass is 9.75. The molecule has 20 nitrogen and oxygen atoms in total. The summed E-state index contributed by atoms with van der Waals surface area (Å²) in [7, 11) is 6.10. The smallest absolute Gasteiger partial charge is 0.466 e. The van der Waals surface area contributed by atoms with Crippen LogP contribution < -0.4 is 9.80 Å². The highest BCUT2D eigenvalue weighted by atomic mass is 79.9. The molecular weight excluding hydrogens is 1310 g/mol. The van der Waals surface area contributed by atoms with Gasteiger partial charge in [-0.3, -0.25) is 8.80 Å². The quantitative estimate of drug-likeness (QED) is 0.0484. The number of nitrogens with zero attached hydrogens (tertiary/aromatic N) is 10. The summed E-state index contributed by atoms with van der Waals surface area (Å²) >= 11 is 6.39. The number of halogens is 3. The van der Waals surface area contributed by atoms with Crippen molar-refractivity contribution in [1.82, 2.24) is 38.5 Å². The number of carbonyl (C=O) groups excluding carboxylic acids is 4. The standard InChI is InChI=1S/C31H32FN5O4S.C21H16BrFN4O2S.C16H28BNO4/c1-31(2,3)41-30(39)36-16-14-20(15-17-36)22-8-12-26-33-24(11-13-27(38)40-5)28(37(26)18-22)35(4)29-34-25(19-42-29)21-6-9-23(32)10-7-21;1-26(21-25-17(12-30-21)13-3-6-15(23)7-4-13)20-16(8-10-19(28)29-2)24-18-9-5-14(22)11-27(18)20;1-14(2,3)20-13(19)18-10-8-12(9-11-18)17-21-15(4,5)16(6,7)22-17/h6-14,18-19H,15-17H2,1-5H3;3-12H,1-2H3;8H,9-11H2,1-7H3/b13-11+;10-8+;. The van der Waals surface area contributed by atoms with Crippen LogP contribution in [0.25, 0.3) is 51.5 Å². The Balaban J connectivity index is 0.000000175. The average molecular weight is 1390 g/mol. The van der Waals surface area contributed by atoms with E-state index >= 15 is 0 Å². The van der Waals surface area contributed by atoms with Gasteiger partial charge in [0.1, 0.15) is 57.2 Å². The van der Waals surface area contributed by atoms with Crippen LogP contribution in [-0.4, -0.2) is 147 Å². The lowest BCUT2D eigenvalue weighted by Gasteiger charge is -2.32. The number of fused-ring (bicyclic) bond motifs is 2. The Morgan fingerprint density at radius 3 is 1.45 bits per heavy atom. The monoisotopic (exact) mass is 1380 g/mol. The number of aromatic nitrogens is 6. The molecule has 3 aliphatic heterocycles. The number of amides is 2. The number of anilines is 4. The van der Waals surface area contributed by atoms with E-state index in [2.05, 4.69) is 20.9 Å². The number of benzene rings is 2. The summed E-state index contributed by atoms with van der Waals surface area (Å²) in [4.78, 5) is 74.2. The number of esters is 2. The summed E-state index contributed by atoms with van der Waals surface area (Å²) in [6, 6.07) is 20.1. The fourth-order valence-electron chi connectivity index (χ4n) is 9.92. The number of imidazole rings is 2. The number of hydrogen-bond donors (Lipinski definition) is 0. The van der Waals surface area contributed by atoms with Crippen LogP contribution in [0.5, 0.6) is 0 Å². The van der Waals surface area contributed by atoms with Gasteiger partial charge in [-0.05, 0) is 200 Å². The van der Waals surface area contributed by atoms with Crippen LogP contribution in [0, 0.1) is 11.6 Å². The summed E-state index contributed by atoms with van der Waals surface area (Å²) in [5.41, 5.74) is 7.22. The summed E-state index contributed by atoms with van der Waals surface area (Å²) in [5, 5.41) is 5.26. The van der Waals surface area contributed by atoms with E-state index in [-0.39, 0.29) is 42.1 Å². The molecule has 0 spiro atoms. The molecule has 0 atom stereocenters. The van der Waals surface area contributed by atoms with Crippen molar-refractivity contribution < 1.29 is 56.2 Å². The first-order valence-corrected chi connectivity index (χ1v) is 32.8. The Hall–Kier alpha value is -8.56.